The quantitative estimate of drug-likeness (QED) is 0.810. The molecule has 0 heterocycles. The number of para-hydroxylation sites is 1. The summed E-state index contributed by atoms with van der Waals surface area (Å²) in [6, 6.07) is 7.73. The Kier molecular flexibility index (Phi) is 4.66. The second kappa shape index (κ2) is 5.99. The van der Waals surface area contributed by atoms with Gasteiger partial charge in [0.1, 0.15) is 5.54 Å². The van der Waals surface area contributed by atoms with E-state index in [1.54, 1.807) is 0 Å². The van der Waals surface area contributed by atoms with Gasteiger partial charge in [-0.3, -0.25) is 0 Å². The average molecular weight is 354 g/mol. The molecule has 0 aliphatic heterocycles. The maximum absolute atomic E-state index is 12.2. The van der Waals surface area contributed by atoms with E-state index in [0.29, 0.717) is 6.42 Å². The smallest absolute Gasteiger partial charge is 0.329 e. The standard InChI is InChI=1S/C17H24BrNO2/c1-16(2,3)14-10-6-7-11-17(14,15(20)21)19-13-9-5-4-8-12(13)18/h4-5,8-9,14,19H,6-7,10-11H2,1-3H3,(H,20,21). The summed E-state index contributed by atoms with van der Waals surface area (Å²) in [5, 5.41) is 13.4. The largest absolute Gasteiger partial charge is 0.479 e. The van der Waals surface area contributed by atoms with Crippen molar-refractivity contribution < 1.29 is 9.90 Å². The minimum absolute atomic E-state index is 0.0485. The first-order valence-electron chi connectivity index (χ1n) is 7.53. The highest BCUT2D eigenvalue weighted by Gasteiger charge is 2.51. The van der Waals surface area contributed by atoms with Crippen molar-refractivity contribution in [2.45, 2.75) is 52.0 Å². The molecule has 3 nitrogen and oxygen atoms in total. The number of nitrogens with one attached hydrogen (secondary N) is 1. The number of aliphatic carboxylic acids is 1. The minimum Gasteiger partial charge on any atom is -0.479 e. The number of benzene rings is 1. The van der Waals surface area contributed by atoms with Crippen LogP contribution in [-0.2, 0) is 4.79 Å². The fourth-order valence-corrected chi connectivity index (χ4v) is 3.99. The van der Waals surface area contributed by atoms with Crippen LogP contribution < -0.4 is 5.32 Å². The van der Waals surface area contributed by atoms with Crippen LogP contribution in [0.25, 0.3) is 0 Å². The first kappa shape index (κ1) is 16.3. The van der Waals surface area contributed by atoms with Crippen molar-refractivity contribution in [1.82, 2.24) is 0 Å². The fraction of sp³-hybridized carbons (Fsp3) is 0.588. The van der Waals surface area contributed by atoms with E-state index in [-0.39, 0.29) is 11.3 Å². The normalized spacial score (nSPS) is 26.4. The first-order chi connectivity index (χ1) is 9.77. The molecule has 0 saturated heterocycles. The van der Waals surface area contributed by atoms with Crippen LogP contribution in [0.15, 0.2) is 28.7 Å². The van der Waals surface area contributed by atoms with E-state index in [1.165, 1.54) is 0 Å². The molecule has 2 atom stereocenters. The molecule has 2 rings (SSSR count). The zero-order valence-electron chi connectivity index (χ0n) is 12.9. The Hall–Kier alpha value is -1.03. The summed E-state index contributed by atoms with van der Waals surface area (Å²) < 4.78 is 0.906. The van der Waals surface area contributed by atoms with E-state index in [1.807, 2.05) is 24.3 Å². The van der Waals surface area contributed by atoms with Gasteiger partial charge in [0, 0.05) is 10.2 Å². The molecular weight excluding hydrogens is 330 g/mol. The number of anilines is 1. The lowest BCUT2D eigenvalue weighted by Gasteiger charge is -2.48. The predicted molar refractivity (Wildman–Crippen MR) is 89.5 cm³/mol. The Balaban J connectivity index is 2.44. The molecule has 1 aliphatic carbocycles. The van der Waals surface area contributed by atoms with E-state index in [0.717, 1.165) is 29.4 Å². The number of hydrogen-bond acceptors (Lipinski definition) is 2. The van der Waals surface area contributed by atoms with Gasteiger partial charge in [0.25, 0.3) is 0 Å². The zero-order valence-corrected chi connectivity index (χ0v) is 14.5. The topological polar surface area (TPSA) is 49.3 Å². The van der Waals surface area contributed by atoms with Gasteiger partial charge < -0.3 is 10.4 Å². The highest BCUT2D eigenvalue weighted by molar-refractivity contribution is 9.10. The molecule has 1 fully saturated rings. The van der Waals surface area contributed by atoms with Gasteiger partial charge in [-0.1, -0.05) is 45.7 Å². The van der Waals surface area contributed by atoms with Crippen molar-refractivity contribution >= 4 is 27.6 Å². The van der Waals surface area contributed by atoms with E-state index in [2.05, 4.69) is 42.0 Å². The summed E-state index contributed by atoms with van der Waals surface area (Å²) in [6.07, 6.45) is 3.68. The molecular formula is C17H24BrNO2. The monoisotopic (exact) mass is 353 g/mol. The third-order valence-electron chi connectivity index (χ3n) is 4.57. The molecule has 2 N–H and O–H groups in total. The van der Waals surface area contributed by atoms with Crippen LogP contribution in [0.4, 0.5) is 5.69 Å². The molecule has 1 aromatic rings. The Labute approximate surface area is 135 Å². The van der Waals surface area contributed by atoms with Gasteiger partial charge in [-0.25, -0.2) is 4.79 Å². The number of carbonyl (C=O) groups is 1. The number of carboxylic acids is 1. The average Bonchev–Trinajstić information content (AvgIpc) is 2.40. The van der Waals surface area contributed by atoms with Crippen molar-refractivity contribution in [3.8, 4) is 0 Å². The maximum Gasteiger partial charge on any atom is 0.329 e. The lowest BCUT2D eigenvalue weighted by Crippen LogP contribution is -2.58. The Morgan fingerprint density at radius 2 is 2.00 bits per heavy atom. The molecule has 21 heavy (non-hydrogen) atoms. The van der Waals surface area contributed by atoms with Gasteiger partial charge >= 0.3 is 5.97 Å². The number of hydrogen-bond donors (Lipinski definition) is 2. The first-order valence-corrected chi connectivity index (χ1v) is 8.33. The van der Waals surface area contributed by atoms with Crippen LogP contribution in [0, 0.1) is 11.3 Å². The van der Waals surface area contributed by atoms with Crippen molar-refractivity contribution in [1.29, 1.82) is 0 Å². The van der Waals surface area contributed by atoms with E-state index >= 15 is 0 Å². The SMILES string of the molecule is CC(C)(C)C1CCCCC1(Nc1ccccc1Br)C(=O)O. The highest BCUT2D eigenvalue weighted by Crippen LogP contribution is 2.46. The maximum atomic E-state index is 12.2. The second-order valence-electron chi connectivity index (χ2n) is 7.05. The molecule has 4 heteroatoms. The molecule has 0 spiro atoms. The lowest BCUT2D eigenvalue weighted by atomic mass is 9.62. The van der Waals surface area contributed by atoms with Crippen molar-refractivity contribution in [3.63, 3.8) is 0 Å². The van der Waals surface area contributed by atoms with Gasteiger partial charge in [-0.05, 0) is 52.2 Å². The van der Waals surface area contributed by atoms with Gasteiger partial charge in [-0.15, -0.1) is 0 Å². The number of halogens is 1. The van der Waals surface area contributed by atoms with Gasteiger partial charge in [0.15, 0.2) is 0 Å². The third-order valence-corrected chi connectivity index (χ3v) is 5.26. The van der Waals surface area contributed by atoms with Crippen LogP contribution in [0.1, 0.15) is 46.5 Å². The molecule has 116 valence electrons. The Morgan fingerprint density at radius 3 is 2.57 bits per heavy atom. The zero-order chi connectivity index (χ0) is 15.7. The summed E-state index contributed by atoms with van der Waals surface area (Å²) in [6.45, 7) is 6.42. The molecule has 1 aromatic carbocycles. The Bertz CT molecular complexity index is 524. The van der Waals surface area contributed by atoms with Crippen LogP contribution in [0.2, 0.25) is 0 Å². The van der Waals surface area contributed by atoms with Crippen molar-refractivity contribution in [2.75, 3.05) is 5.32 Å². The van der Waals surface area contributed by atoms with Gasteiger partial charge in [0.05, 0.1) is 0 Å². The van der Waals surface area contributed by atoms with Gasteiger partial charge in [0.2, 0.25) is 0 Å². The van der Waals surface area contributed by atoms with E-state index < -0.39 is 11.5 Å². The molecule has 0 aromatic heterocycles. The lowest BCUT2D eigenvalue weighted by molar-refractivity contribution is -0.148. The van der Waals surface area contributed by atoms with Crippen LogP contribution in [-0.4, -0.2) is 16.6 Å². The molecule has 0 bridgehead atoms. The molecule has 0 radical (unpaired) electrons. The van der Waals surface area contributed by atoms with Crippen molar-refractivity contribution in [3.05, 3.63) is 28.7 Å². The van der Waals surface area contributed by atoms with Crippen LogP contribution >= 0.6 is 15.9 Å². The predicted octanol–water partition coefficient (Wildman–Crippen LogP) is 4.92. The number of rotatable bonds is 3. The molecule has 0 amide bonds. The molecule has 2 unspecified atom stereocenters. The summed E-state index contributed by atoms with van der Waals surface area (Å²) in [4.78, 5) is 12.2. The van der Waals surface area contributed by atoms with E-state index in [4.69, 9.17) is 0 Å². The van der Waals surface area contributed by atoms with Crippen molar-refractivity contribution in [2.24, 2.45) is 11.3 Å². The summed E-state index contributed by atoms with van der Waals surface area (Å²) in [5.74, 6) is -0.638. The Morgan fingerprint density at radius 1 is 1.33 bits per heavy atom. The molecule has 1 saturated carbocycles. The second-order valence-corrected chi connectivity index (χ2v) is 7.90. The number of carboxylic acid groups (broad SMARTS) is 1. The summed E-state index contributed by atoms with van der Waals surface area (Å²) >= 11 is 3.51. The fourth-order valence-electron chi connectivity index (χ4n) is 3.61. The highest BCUT2D eigenvalue weighted by atomic mass is 79.9. The van der Waals surface area contributed by atoms with Crippen LogP contribution in [0.3, 0.4) is 0 Å². The summed E-state index contributed by atoms with van der Waals surface area (Å²) in [5.41, 5.74) is -0.0796. The minimum atomic E-state index is -0.889. The third kappa shape index (κ3) is 3.25. The van der Waals surface area contributed by atoms with Crippen LogP contribution in [0.5, 0.6) is 0 Å². The molecule has 1 aliphatic rings. The summed E-state index contributed by atoms with van der Waals surface area (Å²) in [7, 11) is 0. The van der Waals surface area contributed by atoms with Gasteiger partial charge in [-0.2, -0.15) is 0 Å². The van der Waals surface area contributed by atoms with E-state index in [9.17, 15) is 9.90 Å².